The first kappa shape index (κ1) is 11.1. The van der Waals surface area contributed by atoms with E-state index >= 15 is 0 Å². The minimum Gasteiger partial charge on any atom is -0.507 e. The summed E-state index contributed by atoms with van der Waals surface area (Å²) in [5.41, 5.74) is 1.08. The van der Waals surface area contributed by atoms with Gasteiger partial charge in [0.05, 0.1) is 5.56 Å². The summed E-state index contributed by atoms with van der Waals surface area (Å²) < 4.78 is 25.8. The average Bonchev–Trinajstić information content (AvgIpc) is 2.32. The Bertz CT molecular complexity index is 617. The lowest BCUT2D eigenvalue weighted by atomic mass is 10.0. The van der Waals surface area contributed by atoms with Crippen LogP contribution < -0.4 is 0 Å². The molecule has 0 aliphatic rings. The molecule has 0 amide bonds. The molecule has 0 aromatic heterocycles. The molecule has 1 N–H and O–H groups in total. The fraction of sp³-hybridized carbons (Fsp3) is 0. The van der Waals surface area contributed by atoms with Gasteiger partial charge in [-0.3, -0.25) is 0 Å². The largest absolute Gasteiger partial charge is 0.507 e. The van der Waals surface area contributed by atoms with E-state index in [1.165, 1.54) is 18.2 Å². The fourth-order valence-electron chi connectivity index (χ4n) is 1.48. The molecule has 0 aliphatic heterocycles. The van der Waals surface area contributed by atoms with Crippen LogP contribution in [0.4, 0.5) is 8.78 Å². The number of aromatic hydroxyl groups is 1. The molecule has 0 saturated carbocycles. The van der Waals surface area contributed by atoms with Gasteiger partial charge >= 0.3 is 0 Å². The maximum Gasteiger partial charge on any atom is 0.159 e. The third-order valence-electron chi connectivity index (χ3n) is 2.37. The average molecular weight is 231 g/mol. The van der Waals surface area contributed by atoms with Gasteiger partial charge in [-0.05, 0) is 35.4 Å². The molecule has 0 bridgehead atoms. The molecule has 84 valence electrons. The maximum absolute atomic E-state index is 13.0. The zero-order valence-corrected chi connectivity index (χ0v) is 8.61. The highest BCUT2D eigenvalue weighted by molar-refractivity contribution is 5.67. The van der Waals surface area contributed by atoms with Crippen LogP contribution in [-0.4, -0.2) is 5.11 Å². The lowest BCUT2D eigenvalue weighted by Gasteiger charge is -2.04. The van der Waals surface area contributed by atoms with Gasteiger partial charge in [-0.2, -0.15) is 5.26 Å². The normalized spacial score (nSPS) is 9.94. The molecule has 0 unspecified atom stereocenters. The van der Waals surface area contributed by atoms with Crippen molar-refractivity contribution in [2.45, 2.75) is 0 Å². The second-order valence-corrected chi connectivity index (χ2v) is 3.47. The van der Waals surface area contributed by atoms with Gasteiger partial charge in [-0.1, -0.05) is 12.1 Å². The van der Waals surface area contributed by atoms with E-state index in [1.54, 1.807) is 6.07 Å². The van der Waals surface area contributed by atoms with E-state index in [1.807, 2.05) is 6.07 Å². The topological polar surface area (TPSA) is 44.0 Å². The third-order valence-corrected chi connectivity index (χ3v) is 2.37. The van der Waals surface area contributed by atoms with E-state index in [0.29, 0.717) is 11.1 Å². The molecule has 2 rings (SSSR count). The molecule has 4 heteroatoms. The molecule has 0 radical (unpaired) electrons. The van der Waals surface area contributed by atoms with Crippen molar-refractivity contribution in [2.75, 3.05) is 0 Å². The summed E-state index contributed by atoms with van der Waals surface area (Å²) in [7, 11) is 0. The number of hydrogen-bond acceptors (Lipinski definition) is 2. The number of nitriles is 1. The van der Waals surface area contributed by atoms with Crippen LogP contribution in [0.1, 0.15) is 5.56 Å². The Morgan fingerprint density at radius 3 is 2.18 bits per heavy atom. The van der Waals surface area contributed by atoms with Gasteiger partial charge in [0.15, 0.2) is 11.6 Å². The fourth-order valence-corrected chi connectivity index (χ4v) is 1.48. The van der Waals surface area contributed by atoms with Crippen LogP contribution in [0, 0.1) is 23.0 Å². The van der Waals surface area contributed by atoms with Gasteiger partial charge in [0.1, 0.15) is 11.8 Å². The molecule has 2 aromatic carbocycles. The molecular weight excluding hydrogens is 224 g/mol. The van der Waals surface area contributed by atoms with Crippen molar-refractivity contribution >= 4 is 0 Å². The van der Waals surface area contributed by atoms with E-state index in [9.17, 15) is 13.9 Å². The summed E-state index contributed by atoms with van der Waals surface area (Å²) in [5.74, 6) is -2.06. The van der Waals surface area contributed by atoms with Crippen LogP contribution in [-0.2, 0) is 0 Å². The van der Waals surface area contributed by atoms with Gasteiger partial charge in [-0.25, -0.2) is 8.78 Å². The molecule has 2 aromatic rings. The smallest absolute Gasteiger partial charge is 0.159 e. The first-order valence-electron chi connectivity index (χ1n) is 4.80. The van der Waals surface area contributed by atoms with Crippen molar-refractivity contribution in [3.63, 3.8) is 0 Å². The Hall–Kier alpha value is -2.41. The summed E-state index contributed by atoms with van der Waals surface area (Å²) in [6.45, 7) is 0. The first-order chi connectivity index (χ1) is 8.11. The first-order valence-corrected chi connectivity index (χ1v) is 4.80. The van der Waals surface area contributed by atoms with Crippen molar-refractivity contribution in [3.05, 3.63) is 53.6 Å². The van der Waals surface area contributed by atoms with Crippen LogP contribution in [0.2, 0.25) is 0 Å². The lowest BCUT2D eigenvalue weighted by Crippen LogP contribution is -1.86. The quantitative estimate of drug-likeness (QED) is 0.818. The van der Waals surface area contributed by atoms with Crippen molar-refractivity contribution in [1.82, 2.24) is 0 Å². The number of phenolic OH excluding ortho intramolecular Hbond substituents is 1. The van der Waals surface area contributed by atoms with E-state index in [0.717, 1.165) is 12.1 Å². The second-order valence-electron chi connectivity index (χ2n) is 3.47. The van der Waals surface area contributed by atoms with E-state index in [2.05, 4.69) is 0 Å². The van der Waals surface area contributed by atoms with Crippen LogP contribution in [0.25, 0.3) is 11.1 Å². The van der Waals surface area contributed by atoms with Crippen molar-refractivity contribution in [2.24, 2.45) is 0 Å². The van der Waals surface area contributed by atoms with Gasteiger partial charge in [0, 0.05) is 0 Å². The zero-order chi connectivity index (χ0) is 12.4. The molecule has 0 spiro atoms. The summed E-state index contributed by atoms with van der Waals surface area (Å²) in [6, 6.07) is 9.59. The molecule has 17 heavy (non-hydrogen) atoms. The standard InChI is InChI=1S/C13H7F2NO/c14-11-4-3-8(5-12(11)15)9-1-2-10(7-16)13(17)6-9/h1-6,17H. The van der Waals surface area contributed by atoms with Crippen molar-refractivity contribution in [3.8, 4) is 22.9 Å². The molecular formula is C13H7F2NO. The van der Waals surface area contributed by atoms with Crippen LogP contribution >= 0.6 is 0 Å². The van der Waals surface area contributed by atoms with E-state index in [4.69, 9.17) is 5.26 Å². The third kappa shape index (κ3) is 2.08. The van der Waals surface area contributed by atoms with Gasteiger partial charge in [0.2, 0.25) is 0 Å². The predicted molar refractivity (Wildman–Crippen MR) is 58.2 cm³/mol. The number of rotatable bonds is 1. The Morgan fingerprint density at radius 1 is 0.941 bits per heavy atom. The Labute approximate surface area is 96.4 Å². The van der Waals surface area contributed by atoms with Crippen LogP contribution in [0.5, 0.6) is 5.75 Å². The Morgan fingerprint density at radius 2 is 1.59 bits per heavy atom. The lowest BCUT2D eigenvalue weighted by molar-refractivity contribution is 0.474. The molecule has 0 saturated heterocycles. The predicted octanol–water partition coefficient (Wildman–Crippen LogP) is 3.21. The molecule has 0 fully saturated rings. The van der Waals surface area contributed by atoms with E-state index < -0.39 is 11.6 Å². The Kier molecular flexibility index (Phi) is 2.75. The highest BCUT2D eigenvalue weighted by Gasteiger charge is 2.07. The SMILES string of the molecule is N#Cc1ccc(-c2ccc(F)c(F)c2)cc1O. The molecule has 0 atom stereocenters. The number of phenols is 1. The summed E-state index contributed by atoms with van der Waals surface area (Å²) in [5, 5.41) is 18.1. The van der Waals surface area contributed by atoms with Gasteiger partial charge < -0.3 is 5.11 Å². The highest BCUT2D eigenvalue weighted by atomic mass is 19.2. The Balaban J connectivity index is 2.50. The van der Waals surface area contributed by atoms with Gasteiger partial charge in [0.25, 0.3) is 0 Å². The highest BCUT2D eigenvalue weighted by Crippen LogP contribution is 2.27. The van der Waals surface area contributed by atoms with E-state index in [-0.39, 0.29) is 11.3 Å². The monoisotopic (exact) mass is 231 g/mol. The molecule has 0 heterocycles. The minimum absolute atomic E-state index is 0.135. The van der Waals surface area contributed by atoms with Crippen molar-refractivity contribution in [1.29, 1.82) is 5.26 Å². The number of hydrogen-bond donors (Lipinski definition) is 1. The summed E-state index contributed by atoms with van der Waals surface area (Å²) in [4.78, 5) is 0. The summed E-state index contributed by atoms with van der Waals surface area (Å²) >= 11 is 0. The van der Waals surface area contributed by atoms with Crippen LogP contribution in [0.3, 0.4) is 0 Å². The number of halogens is 2. The number of nitrogens with zero attached hydrogens (tertiary/aromatic N) is 1. The van der Waals surface area contributed by atoms with Gasteiger partial charge in [-0.15, -0.1) is 0 Å². The molecule has 2 nitrogen and oxygen atoms in total. The summed E-state index contributed by atoms with van der Waals surface area (Å²) in [6.07, 6.45) is 0. The maximum atomic E-state index is 13.0. The van der Waals surface area contributed by atoms with Crippen LogP contribution in [0.15, 0.2) is 36.4 Å². The second kappa shape index (κ2) is 4.22. The number of benzene rings is 2. The van der Waals surface area contributed by atoms with Crippen molar-refractivity contribution < 1.29 is 13.9 Å². The molecule has 0 aliphatic carbocycles. The zero-order valence-electron chi connectivity index (χ0n) is 8.61. The minimum atomic E-state index is -0.952.